The van der Waals surface area contributed by atoms with E-state index in [1.807, 2.05) is 0 Å². The maximum Gasteiger partial charge on any atom is 0.358 e. The van der Waals surface area contributed by atoms with Crippen molar-refractivity contribution in [2.75, 3.05) is 0 Å². The van der Waals surface area contributed by atoms with Crippen molar-refractivity contribution in [3.63, 3.8) is 0 Å². The zero-order valence-electron chi connectivity index (χ0n) is 9.58. The molecule has 0 fully saturated rings. The third kappa shape index (κ3) is 2.55. The van der Waals surface area contributed by atoms with E-state index in [4.69, 9.17) is 21.1 Å². The molecule has 0 aliphatic rings. The van der Waals surface area contributed by atoms with Gasteiger partial charge in [-0.05, 0) is 13.0 Å². The number of benzene rings is 1. The number of hydrogen-bond donors (Lipinski definition) is 1. The molecular formula is C11H7ClN2O5. The second kappa shape index (κ2) is 4.69. The molecule has 7 nitrogen and oxygen atoms in total. The minimum absolute atomic E-state index is 0.0273. The summed E-state index contributed by atoms with van der Waals surface area (Å²) in [6.45, 7) is 1.44. The molecule has 1 N–H and O–H groups in total. The Kier molecular flexibility index (Phi) is 3.22. The van der Waals surface area contributed by atoms with Gasteiger partial charge in [-0.3, -0.25) is 10.1 Å². The lowest BCUT2D eigenvalue weighted by Crippen LogP contribution is -1.98. The van der Waals surface area contributed by atoms with Crippen molar-refractivity contribution in [2.45, 2.75) is 6.92 Å². The highest BCUT2D eigenvalue weighted by atomic mass is 35.5. The Hall–Kier alpha value is -2.41. The molecule has 0 bridgehead atoms. The SMILES string of the molecule is Cc1oc(-c2cc(Cl)cc([N+](=O)[O-])c2)nc1C(=O)O. The Labute approximate surface area is 111 Å². The first-order valence-corrected chi connectivity index (χ1v) is 5.42. The van der Waals surface area contributed by atoms with E-state index in [9.17, 15) is 14.9 Å². The smallest absolute Gasteiger partial charge is 0.358 e. The number of halogens is 1. The lowest BCUT2D eigenvalue weighted by Gasteiger charge is -1.97. The molecule has 1 aromatic heterocycles. The molecule has 1 heterocycles. The number of carboxylic acids is 1. The highest BCUT2D eigenvalue weighted by Gasteiger charge is 2.19. The number of aryl methyl sites for hydroxylation is 1. The van der Waals surface area contributed by atoms with Gasteiger partial charge in [-0.25, -0.2) is 9.78 Å². The fraction of sp³-hybridized carbons (Fsp3) is 0.0909. The number of non-ortho nitro benzene ring substituents is 1. The molecule has 2 aromatic rings. The summed E-state index contributed by atoms with van der Waals surface area (Å²) in [6, 6.07) is 3.80. The van der Waals surface area contributed by atoms with Crippen LogP contribution in [0, 0.1) is 17.0 Å². The predicted molar refractivity (Wildman–Crippen MR) is 65.3 cm³/mol. The maximum atomic E-state index is 10.9. The Morgan fingerprint density at radius 3 is 2.68 bits per heavy atom. The largest absolute Gasteiger partial charge is 0.476 e. The number of carbonyl (C=O) groups is 1. The number of oxazole rings is 1. The number of rotatable bonds is 3. The molecular weight excluding hydrogens is 276 g/mol. The Morgan fingerprint density at radius 2 is 2.16 bits per heavy atom. The summed E-state index contributed by atoms with van der Waals surface area (Å²) in [4.78, 5) is 24.7. The van der Waals surface area contributed by atoms with E-state index in [2.05, 4.69) is 4.98 Å². The average Bonchev–Trinajstić information content (AvgIpc) is 2.70. The first kappa shape index (κ1) is 13.0. The number of aromatic carboxylic acids is 1. The van der Waals surface area contributed by atoms with E-state index in [0.717, 1.165) is 0 Å². The van der Waals surface area contributed by atoms with Gasteiger partial charge < -0.3 is 9.52 Å². The van der Waals surface area contributed by atoms with E-state index < -0.39 is 10.9 Å². The number of nitro groups is 1. The quantitative estimate of drug-likeness (QED) is 0.685. The van der Waals surface area contributed by atoms with E-state index >= 15 is 0 Å². The Morgan fingerprint density at radius 1 is 1.47 bits per heavy atom. The summed E-state index contributed by atoms with van der Waals surface area (Å²) in [5.74, 6) is -1.14. The molecule has 1 aromatic carbocycles. The summed E-state index contributed by atoms with van der Waals surface area (Å²) in [7, 11) is 0. The van der Waals surface area contributed by atoms with Gasteiger partial charge in [0, 0.05) is 22.7 Å². The van der Waals surface area contributed by atoms with Crippen LogP contribution in [0.4, 0.5) is 5.69 Å². The van der Waals surface area contributed by atoms with Gasteiger partial charge in [0.2, 0.25) is 5.89 Å². The van der Waals surface area contributed by atoms with Crippen LogP contribution in [0.15, 0.2) is 22.6 Å². The van der Waals surface area contributed by atoms with Gasteiger partial charge in [-0.15, -0.1) is 0 Å². The number of nitrogens with zero attached hydrogens (tertiary/aromatic N) is 2. The van der Waals surface area contributed by atoms with Crippen LogP contribution in [0.25, 0.3) is 11.5 Å². The number of hydrogen-bond acceptors (Lipinski definition) is 5. The molecule has 0 saturated heterocycles. The van der Waals surface area contributed by atoms with Gasteiger partial charge in [0.25, 0.3) is 5.69 Å². The van der Waals surface area contributed by atoms with Crippen LogP contribution in [0.3, 0.4) is 0 Å². The molecule has 98 valence electrons. The molecule has 0 unspecified atom stereocenters. The van der Waals surface area contributed by atoms with Crippen molar-refractivity contribution in [3.8, 4) is 11.5 Å². The summed E-state index contributed by atoms with van der Waals surface area (Å²) >= 11 is 5.76. The summed E-state index contributed by atoms with van der Waals surface area (Å²) < 4.78 is 5.18. The van der Waals surface area contributed by atoms with Crippen LogP contribution < -0.4 is 0 Å². The number of carboxylic acid groups (broad SMARTS) is 1. The van der Waals surface area contributed by atoms with Crippen LogP contribution in [0.2, 0.25) is 5.02 Å². The number of aromatic nitrogens is 1. The van der Waals surface area contributed by atoms with Crippen molar-refractivity contribution >= 4 is 23.3 Å². The first-order valence-electron chi connectivity index (χ1n) is 5.04. The van der Waals surface area contributed by atoms with Gasteiger partial charge in [-0.1, -0.05) is 11.6 Å². The topological polar surface area (TPSA) is 106 Å². The third-order valence-corrected chi connectivity index (χ3v) is 2.56. The molecule has 0 aliphatic carbocycles. The second-order valence-corrected chi connectivity index (χ2v) is 4.12. The van der Waals surface area contributed by atoms with Crippen molar-refractivity contribution in [3.05, 3.63) is 44.8 Å². The zero-order valence-corrected chi connectivity index (χ0v) is 10.3. The molecule has 0 aliphatic heterocycles. The maximum absolute atomic E-state index is 10.9. The van der Waals surface area contributed by atoms with Crippen molar-refractivity contribution in [1.29, 1.82) is 0 Å². The van der Waals surface area contributed by atoms with Crippen LogP contribution in [-0.2, 0) is 0 Å². The van der Waals surface area contributed by atoms with Crippen LogP contribution in [0.5, 0.6) is 0 Å². The van der Waals surface area contributed by atoms with Gasteiger partial charge in [-0.2, -0.15) is 0 Å². The highest BCUT2D eigenvalue weighted by Crippen LogP contribution is 2.29. The monoisotopic (exact) mass is 282 g/mol. The second-order valence-electron chi connectivity index (χ2n) is 3.68. The molecule has 0 saturated carbocycles. The summed E-state index contributed by atoms with van der Waals surface area (Å²) in [5, 5.41) is 19.7. The third-order valence-electron chi connectivity index (χ3n) is 2.34. The first-order chi connectivity index (χ1) is 8.88. The lowest BCUT2D eigenvalue weighted by atomic mass is 10.2. The van der Waals surface area contributed by atoms with E-state index in [1.165, 1.54) is 25.1 Å². The minimum Gasteiger partial charge on any atom is -0.476 e. The van der Waals surface area contributed by atoms with Gasteiger partial charge in [0.15, 0.2) is 5.69 Å². The lowest BCUT2D eigenvalue weighted by molar-refractivity contribution is -0.384. The normalized spacial score (nSPS) is 10.4. The molecule has 0 spiro atoms. The standard InChI is InChI=1S/C11H7ClN2O5/c1-5-9(11(15)16)13-10(19-5)6-2-7(12)4-8(3-6)14(17)18/h2-4H,1H3,(H,15,16). The fourth-order valence-corrected chi connectivity index (χ4v) is 1.75. The average molecular weight is 283 g/mol. The molecule has 0 radical (unpaired) electrons. The Balaban J connectivity index is 2.55. The van der Waals surface area contributed by atoms with Gasteiger partial charge >= 0.3 is 5.97 Å². The van der Waals surface area contributed by atoms with Crippen LogP contribution >= 0.6 is 11.6 Å². The molecule has 8 heteroatoms. The van der Waals surface area contributed by atoms with Gasteiger partial charge in [0.1, 0.15) is 5.76 Å². The van der Waals surface area contributed by atoms with Crippen molar-refractivity contribution in [1.82, 2.24) is 4.98 Å². The van der Waals surface area contributed by atoms with E-state index in [1.54, 1.807) is 0 Å². The highest BCUT2D eigenvalue weighted by molar-refractivity contribution is 6.31. The molecule has 0 amide bonds. The molecule has 19 heavy (non-hydrogen) atoms. The minimum atomic E-state index is -1.23. The van der Waals surface area contributed by atoms with Crippen LogP contribution in [0.1, 0.15) is 16.2 Å². The fourth-order valence-electron chi connectivity index (χ4n) is 1.52. The van der Waals surface area contributed by atoms with Gasteiger partial charge in [0.05, 0.1) is 4.92 Å². The van der Waals surface area contributed by atoms with Crippen LogP contribution in [-0.4, -0.2) is 21.0 Å². The summed E-state index contributed by atoms with van der Waals surface area (Å²) in [6.07, 6.45) is 0. The van der Waals surface area contributed by atoms with E-state index in [-0.39, 0.29) is 33.6 Å². The predicted octanol–water partition coefficient (Wildman–Crippen LogP) is 2.91. The van der Waals surface area contributed by atoms with Crippen molar-refractivity contribution < 1.29 is 19.2 Å². The molecule has 2 rings (SSSR count). The number of nitro benzene ring substituents is 1. The molecule has 0 atom stereocenters. The van der Waals surface area contributed by atoms with E-state index in [0.29, 0.717) is 0 Å². The summed E-state index contributed by atoms with van der Waals surface area (Å²) in [5.41, 5.74) is -0.220. The van der Waals surface area contributed by atoms with Crippen molar-refractivity contribution in [2.24, 2.45) is 0 Å². The zero-order chi connectivity index (χ0) is 14.2. The Bertz CT molecular complexity index is 680.